The van der Waals surface area contributed by atoms with Crippen molar-refractivity contribution in [2.75, 3.05) is 70.6 Å². The van der Waals surface area contributed by atoms with Crippen molar-refractivity contribution < 1.29 is 27.4 Å². The van der Waals surface area contributed by atoms with E-state index in [9.17, 15) is 18.0 Å². The van der Waals surface area contributed by atoms with Crippen LogP contribution in [0.4, 0.5) is 18.9 Å². The van der Waals surface area contributed by atoms with Crippen LogP contribution in [0.3, 0.4) is 0 Å². The van der Waals surface area contributed by atoms with Crippen molar-refractivity contribution in [3.63, 3.8) is 0 Å². The first-order chi connectivity index (χ1) is 16.8. The first-order valence-electron chi connectivity index (χ1n) is 12.0. The molecule has 1 aromatic carbocycles. The third-order valence-electron chi connectivity index (χ3n) is 6.68. The average Bonchev–Trinajstić information content (AvgIpc) is 3.09. The van der Waals surface area contributed by atoms with Crippen LogP contribution in [0.5, 0.6) is 0 Å². The van der Waals surface area contributed by atoms with Gasteiger partial charge in [-0.3, -0.25) is 9.69 Å². The summed E-state index contributed by atoms with van der Waals surface area (Å²) >= 11 is 0. The van der Waals surface area contributed by atoms with Gasteiger partial charge < -0.3 is 24.3 Å². The van der Waals surface area contributed by atoms with Gasteiger partial charge in [-0.2, -0.15) is 13.2 Å². The van der Waals surface area contributed by atoms with Crippen LogP contribution in [0, 0.1) is 13.8 Å². The number of morpholine rings is 2. The summed E-state index contributed by atoms with van der Waals surface area (Å²) in [5.74, 6) is -0.217. The maximum atomic E-state index is 13.4. The minimum Gasteiger partial charge on any atom is -0.379 e. The second-order valence-corrected chi connectivity index (χ2v) is 9.00. The Hall–Kier alpha value is -2.56. The summed E-state index contributed by atoms with van der Waals surface area (Å²) in [5.41, 5.74) is 2.94. The Morgan fingerprint density at radius 1 is 1.03 bits per heavy atom. The highest BCUT2D eigenvalue weighted by molar-refractivity contribution is 5.96. The molecule has 0 spiro atoms. The molecule has 0 unspecified atom stereocenters. The number of anilines is 1. The zero-order valence-corrected chi connectivity index (χ0v) is 20.3. The Balaban J connectivity index is 1.61. The number of rotatable bonds is 7. The predicted octanol–water partition coefficient (Wildman–Crippen LogP) is 3.07. The van der Waals surface area contributed by atoms with Crippen LogP contribution in [0.1, 0.15) is 32.9 Å². The van der Waals surface area contributed by atoms with Gasteiger partial charge in [0.05, 0.1) is 37.7 Å². The number of nitrogens with zero attached hydrogens (tertiary/aromatic N) is 3. The van der Waals surface area contributed by atoms with Gasteiger partial charge in [0.1, 0.15) is 5.69 Å². The summed E-state index contributed by atoms with van der Waals surface area (Å²) in [6.07, 6.45) is -4.42. The van der Waals surface area contributed by atoms with Gasteiger partial charge in [-0.15, -0.1) is 0 Å². The molecule has 0 aliphatic carbocycles. The third kappa shape index (κ3) is 5.99. The van der Waals surface area contributed by atoms with E-state index in [0.29, 0.717) is 57.3 Å². The number of ether oxygens (including phenoxy) is 2. The van der Waals surface area contributed by atoms with Crippen LogP contribution in [-0.2, 0) is 22.2 Å². The van der Waals surface area contributed by atoms with Crippen LogP contribution in [0.2, 0.25) is 0 Å². The van der Waals surface area contributed by atoms with Gasteiger partial charge in [0.2, 0.25) is 0 Å². The summed E-state index contributed by atoms with van der Waals surface area (Å²) in [4.78, 5) is 17.8. The molecular weight excluding hydrogens is 461 g/mol. The van der Waals surface area contributed by atoms with E-state index in [4.69, 9.17) is 9.47 Å². The fourth-order valence-corrected chi connectivity index (χ4v) is 4.89. The molecule has 2 aromatic rings. The highest BCUT2D eigenvalue weighted by atomic mass is 19.4. The monoisotopic (exact) mass is 494 g/mol. The SMILES string of the molecule is Cc1c(N2CCOCC2)c(C)n(Cc2cccc(C(F)(F)F)c2)c1C(=O)NCCN1CCOCC1. The standard InChI is InChI=1S/C25H33F3N4O3/c1-18-22(31-10-14-35-15-11-31)19(2)32(17-20-4-3-5-21(16-20)25(26,27)28)23(18)24(33)29-6-7-30-8-12-34-13-9-30/h3-5,16H,6-15,17H2,1-2H3,(H,29,33). The number of benzene rings is 1. The molecule has 2 fully saturated rings. The van der Waals surface area contributed by atoms with Gasteiger partial charge in [0.25, 0.3) is 5.91 Å². The Morgan fingerprint density at radius 2 is 1.69 bits per heavy atom. The molecule has 2 aliphatic rings. The molecule has 192 valence electrons. The first kappa shape index (κ1) is 25.5. The first-order valence-corrected chi connectivity index (χ1v) is 12.0. The zero-order valence-electron chi connectivity index (χ0n) is 20.3. The predicted molar refractivity (Wildman–Crippen MR) is 127 cm³/mol. The maximum absolute atomic E-state index is 13.4. The lowest BCUT2D eigenvalue weighted by Gasteiger charge is -2.29. The van der Waals surface area contributed by atoms with Gasteiger partial charge in [0, 0.05) is 57.1 Å². The molecule has 35 heavy (non-hydrogen) atoms. The molecule has 3 heterocycles. The lowest BCUT2D eigenvalue weighted by Crippen LogP contribution is -2.41. The Labute approximate surface area is 203 Å². The Bertz CT molecular complexity index is 1030. The number of nitrogens with one attached hydrogen (secondary N) is 1. The topological polar surface area (TPSA) is 59.0 Å². The fraction of sp³-hybridized carbons (Fsp3) is 0.560. The molecule has 2 aliphatic heterocycles. The molecule has 0 radical (unpaired) electrons. The number of amides is 1. The molecule has 4 rings (SSSR count). The number of halogens is 3. The van der Waals surface area contributed by atoms with Crippen LogP contribution in [0.25, 0.3) is 0 Å². The molecule has 1 N–H and O–H groups in total. The van der Waals surface area contributed by atoms with Gasteiger partial charge in [-0.05, 0) is 31.5 Å². The van der Waals surface area contributed by atoms with E-state index < -0.39 is 11.7 Å². The summed E-state index contributed by atoms with van der Waals surface area (Å²) in [5, 5.41) is 3.03. The van der Waals surface area contributed by atoms with Crippen LogP contribution < -0.4 is 10.2 Å². The van der Waals surface area contributed by atoms with Gasteiger partial charge in [-0.25, -0.2) is 0 Å². The van der Waals surface area contributed by atoms with Crippen LogP contribution in [-0.4, -0.2) is 81.1 Å². The van der Waals surface area contributed by atoms with Crippen molar-refractivity contribution >= 4 is 11.6 Å². The Kier molecular flexibility index (Phi) is 8.03. The van der Waals surface area contributed by atoms with E-state index in [2.05, 4.69) is 15.1 Å². The highest BCUT2D eigenvalue weighted by Gasteiger charge is 2.31. The summed E-state index contributed by atoms with van der Waals surface area (Å²) < 4.78 is 52.6. The number of alkyl halides is 3. The summed E-state index contributed by atoms with van der Waals surface area (Å²) in [6, 6.07) is 5.30. The minimum absolute atomic E-state index is 0.174. The third-order valence-corrected chi connectivity index (χ3v) is 6.68. The quantitative estimate of drug-likeness (QED) is 0.641. The van der Waals surface area contributed by atoms with Gasteiger partial charge >= 0.3 is 6.18 Å². The van der Waals surface area contributed by atoms with E-state index in [1.54, 1.807) is 6.07 Å². The number of hydrogen-bond donors (Lipinski definition) is 1. The molecular formula is C25H33F3N4O3. The molecule has 1 amide bonds. The van der Waals surface area contributed by atoms with Crippen LogP contribution in [0.15, 0.2) is 24.3 Å². The van der Waals surface area contributed by atoms with Crippen molar-refractivity contribution in [1.82, 2.24) is 14.8 Å². The summed E-state index contributed by atoms with van der Waals surface area (Å²) in [7, 11) is 0. The van der Waals surface area contributed by atoms with E-state index in [1.165, 1.54) is 6.07 Å². The number of hydrogen-bond acceptors (Lipinski definition) is 5. The lowest BCUT2D eigenvalue weighted by atomic mass is 10.1. The van der Waals surface area contributed by atoms with Crippen molar-refractivity contribution in [2.24, 2.45) is 0 Å². The van der Waals surface area contributed by atoms with E-state index in [-0.39, 0.29) is 12.5 Å². The van der Waals surface area contributed by atoms with E-state index >= 15 is 0 Å². The Morgan fingerprint density at radius 3 is 2.34 bits per heavy atom. The number of aromatic nitrogens is 1. The molecule has 2 saturated heterocycles. The van der Waals surface area contributed by atoms with Crippen molar-refractivity contribution in [1.29, 1.82) is 0 Å². The molecule has 0 bridgehead atoms. The zero-order chi connectivity index (χ0) is 25.0. The fourth-order valence-electron chi connectivity index (χ4n) is 4.89. The average molecular weight is 495 g/mol. The van der Waals surface area contributed by atoms with Crippen LogP contribution >= 0.6 is 0 Å². The smallest absolute Gasteiger partial charge is 0.379 e. The molecule has 1 aromatic heterocycles. The second kappa shape index (κ2) is 11.0. The van der Waals surface area contributed by atoms with E-state index in [1.807, 2.05) is 18.4 Å². The largest absolute Gasteiger partial charge is 0.416 e. The molecule has 7 nitrogen and oxygen atoms in total. The van der Waals surface area contributed by atoms with Crippen molar-refractivity contribution in [2.45, 2.75) is 26.6 Å². The lowest BCUT2D eigenvalue weighted by molar-refractivity contribution is -0.137. The number of carbonyl (C=O) groups is 1. The minimum atomic E-state index is -4.42. The molecule has 0 atom stereocenters. The number of carbonyl (C=O) groups excluding carboxylic acids is 1. The van der Waals surface area contributed by atoms with Gasteiger partial charge in [0.15, 0.2) is 0 Å². The van der Waals surface area contributed by atoms with Crippen molar-refractivity contribution in [3.8, 4) is 0 Å². The summed E-state index contributed by atoms with van der Waals surface area (Å²) in [6.45, 7) is 10.9. The normalized spacial score (nSPS) is 17.6. The second-order valence-electron chi connectivity index (χ2n) is 9.00. The molecule has 0 saturated carbocycles. The molecule has 10 heteroatoms. The van der Waals surface area contributed by atoms with Gasteiger partial charge in [-0.1, -0.05) is 12.1 Å². The van der Waals surface area contributed by atoms with Crippen molar-refractivity contribution in [3.05, 3.63) is 52.3 Å². The maximum Gasteiger partial charge on any atom is 0.416 e. The highest BCUT2D eigenvalue weighted by Crippen LogP contribution is 2.33. The van der Waals surface area contributed by atoms with E-state index in [0.717, 1.165) is 48.7 Å².